The summed E-state index contributed by atoms with van der Waals surface area (Å²) < 4.78 is 2.23. The number of amidine groups is 1. The molecule has 0 atom stereocenters. The number of rotatable bonds is 4. The van der Waals surface area contributed by atoms with Crippen molar-refractivity contribution in [2.45, 2.75) is 13.8 Å². The second-order valence-electron chi connectivity index (χ2n) is 5.89. The van der Waals surface area contributed by atoms with E-state index >= 15 is 0 Å². The molecule has 0 aliphatic rings. The molecular weight excluding hydrogens is 330 g/mol. The van der Waals surface area contributed by atoms with E-state index in [4.69, 9.17) is 17.3 Å². The van der Waals surface area contributed by atoms with Crippen LogP contribution >= 0.6 is 11.6 Å². The van der Waals surface area contributed by atoms with E-state index < -0.39 is 0 Å². The van der Waals surface area contributed by atoms with Crippen LogP contribution in [0.2, 0.25) is 5.02 Å². The third kappa shape index (κ3) is 4.20. The summed E-state index contributed by atoms with van der Waals surface area (Å²) in [6, 6.07) is 19.8. The molecule has 3 nitrogen and oxygen atoms in total. The molecule has 0 aliphatic heterocycles. The van der Waals surface area contributed by atoms with Crippen molar-refractivity contribution in [1.29, 1.82) is 0 Å². The van der Waals surface area contributed by atoms with Crippen molar-refractivity contribution in [3.05, 3.63) is 88.7 Å². The van der Waals surface area contributed by atoms with Gasteiger partial charge in [0.25, 0.3) is 0 Å². The van der Waals surface area contributed by atoms with Gasteiger partial charge in [0, 0.05) is 22.1 Å². The first-order valence-corrected chi connectivity index (χ1v) is 8.44. The Labute approximate surface area is 153 Å². The van der Waals surface area contributed by atoms with Gasteiger partial charge in [-0.2, -0.15) is 0 Å². The van der Waals surface area contributed by atoms with Gasteiger partial charge in [0.05, 0.1) is 5.69 Å². The van der Waals surface area contributed by atoms with Gasteiger partial charge in [-0.25, -0.2) is 4.99 Å². The first-order valence-electron chi connectivity index (χ1n) is 8.06. The molecule has 1 heterocycles. The van der Waals surface area contributed by atoms with Crippen molar-refractivity contribution >= 4 is 29.2 Å². The highest BCUT2D eigenvalue weighted by molar-refractivity contribution is 6.30. The van der Waals surface area contributed by atoms with Crippen molar-refractivity contribution in [2.24, 2.45) is 10.7 Å². The van der Waals surface area contributed by atoms with E-state index in [1.807, 2.05) is 18.2 Å². The molecule has 3 aromatic rings. The summed E-state index contributed by atoms with van der Waals surface area (Å²) in [6.45, 7) is 4.21. The third-order valence-corrected chi connectivity index (χ3v) is 4.21. The number of benzene rings is 2. The van der Waals surface area contributed by atoms with Crippen LogP contribution in [0.5, 0.6) is 0 Å². The fourth-order valence-corrected chi connectivity index (χ4v) is 2.82. The molecule has 2 N–H and O–H groups in total. The summed E-state index contributed by atoms with van der Waals surface area (Å²) >= 11 is 5.86. The molecule has 0 saturated heterocycles. The Kier molecular flexibility index (Phi) is 5.05. The van der Waals surface area contributed by atoms with Crippen LogP contribution < -0.4 is 5.73 Å². The normalized spacial score (nSPS) is 12.0. The van der Waals surface area contributed by atoms with Crippen molar-refractivity contribution in [3.8, 4) is 5.69 Å². The van der Waals surface area contributed by atoms with Gasteiger partial charge < -0.3 is 10.3 Å². The van der Waals surface area contributed by atoms with Crippen LogP contribution in [0.15, 0.2) is 71.7 Å². The Morgan fingerprint density at radius 2 is 1.52 bits per heavy atom. The largest absolute Gasteiger partial charge is 0.384 e. The number of aryl methyl sites for hydroxylation is 2. The summed E-state index contributed by atoms with van der Waals surface area (Å²) in [5, 5.41) is 0.682. The van der Waals surface area contributed by atoms with Crippen molar-refractivity contribution in [2.75, 3.05) is 0 Å². The SMILES string of the molecule is Cc1ccc(C)n1-c1ccc(C=CC(N)=Nc2ccc(Cl)cc2)cc1. The summed E-state index contributed by atoms with van der Waals surface area (Å²) in [6.07, 6.45) is 3.75. The molecule has 0 amide bonds. The minimum Gasteiger partial charge on any atom is -0.384 e. The minimum atomic E-state index is 0.448. The highest BCUT2D eigenvalue weighted by Gasteiger charge is 2.03. The molecule has 4 heteroatoms. The van der Waals surface area contributed by atoms with Gasteiger partial charge in [-0.05, 0) is 74.0 Å². The second kappa shape index (κ2) is 7.41. The molecule has 0 fully saturated rings. The molecular formula is C21H20ClN3. The zero-order valence-electron chi connectivity index (χ0n) is 14.3. The lowest BCUT2D eigenvalue weighted by atomic mass is 10.2. The third-order valence-electron chi connectivity index (χ3n) is 3.95. The Balaban J connectivity index is 1.74. The van der Waals surface area contributed by atoms with Crippen molar-refractivity contribution in [3.63, 3.8) is 0 Å². The summed E-state index contributed by atoms with van der Waals surface area (Å²) in [5.74, 6) is 0.448. The van der Waals surface area contributed by atoms with E-state index in [0.29, 0.717) is 10.9 Å². The molecule has 3 rings (SSSR count). The first-order chi connectivity index (χ1) is 12.0. The molecule has 0 bridgehead atoms. The Bertz CT molecular complexity index is 897. The Morgan fingerprint density at radius 3 is 2.12 bits per heavy atom. The van der Waals surface area contributed by atoms with Crippen LogP contribution in [0.4, 0.5) is 5.69 Å². The predicted octanol–water partition coefficient (Wildman–Crippen LogP) is 5.45. The van der Waals surface area contributed by atoms with E-state index in [1.54, 1.807) is 18.2 Å². The average Bonchev–Trinajstić information content (AvgIpc) is 2.94. The molecule has 126 valence electrons. The molecule has 2 aromatic carbocycles. The average molecular weight is 350 g/mol. The lowest BCUT2D eigenvalue weighted by Gasteiger charge is -2.09. The quantitative estimate of drug-likeness (QED) is 0.494. The zero-order valence-corrected chi connectivity index (χ0v) is 15.0. The highest BCUT2D eigenvalue weighted by Crippen LogP contribution is 2.18. The molecule has 1 aromatic heterocycles. The van der Waals surface area contributed by atoms with Crippen molar-refractivity contribution < 1.29 is 0 Å². The maximum Gasteiger partial charge on any atom is 0.124 e. The van der Waals surface area contributed by atoms with Gasteiger partial charge in [0.15, 0.2) is 0 Å². The van der Waals surface area contributed by atoms with Crippen LogP contribution in [0, 0.1) is 13.8 Å². The number of halogens is 1. The number of nitrogens with two attached hydrogens (primary N) is 1. The minimum absolute atomic E-state index is 0.448. The van der Waals surface area contributed by atoms with Crippen LogP contribution in [0.1, 0.15) is 17.0 Å². The molecule has 0 radical (unpaired) electrons. The van der Waals surface area contributed by atoms with E-state index in [9.17, 15) is 0 Å². The Morgan fingerprint density at radius 1 is 0.920 bits per heavy atom. The fraction of sp³-hybridized carbons (Fsp3) is 0.0952. The molecule has 25 heavy (non-hydrogen) atoms. The Hall–Kier alpha value is -2.78. The number of hydrogen-bond acceptors (Lipinski definition) is 1. The first kappa shape index (κ1) is 17.1. The lowest BCUT2D eigenvalue weighted by Crippen LogP contribution is -2.06. The van der Waals surface area contributed by atoms with E-state index in [2.05, 4.69) is 59.8 Å². The monoisotopic (exact) mass is 349 g/mol. The number of hydrogen-bond donors (Lipinski definition) is 1. The number of aliphatic imine (C=N–C) groups is 1. The van der Waals surface area contributed by atoms with Crippen LogP contribution in [0.25, 0.3) is 11.8 Å². The van der Waals surface area contributed by atoms with Gasteiger partial charge in [-0.15, -0.1) is 0 Å². The molecule has 0 saturated carbocycles. The predicted molar refractivity (Wildman–Crippen MR) is 107 cm³/mol. The maximum atomic E-state index is 5.96. The number of nitrogens with zero attached hydrogens (tertiary/aromatic N) is 2. The van der Waals surface area contributed by atoms with Crippen LogP contribution in [-0.2, 0) is 0 Å². The second-order valence-corrected chi connectivity index (χ2v) is 6.33. The van der Waals surface area contributed by atoms with E-state index in [0.717, 1.165) is 16.9 Å². The van der Waals surface area contributed by atoms with Gasteiger partial charge in [-0.1, -0.05) is 29.8 Å². The highest BCUT2D eigenvalue weighted by atomic mass is 35.5. The molecule has 0 unspecified atom stereocenters. The smallest absolute Gasteiger partial charge is 0.124 e. The van der Waals surface area contributed by atoms with Gasteiger partial charge >= 0.3 is 0 Å². The lowest BCUT2D eigenvalue weighted by molar-refractivity contribution is 0.966. The zero-order chi connectivity index (χ0) is 17.8. The van der Waals surface area contributed by atoms with Crippen LogP contribution in [0.3, 0.4) is 0 Å². The number of aromatic nitrogens is 1. The van der Waals surface area contributed by atoms with Crippen molar-refractivity contribution in [1.82, 2.24) is 4.57 Å². The summed E-state index contributed by atoms with van der Waals surface area (Å²) in [4.78, 5) is 4.34. The fourth-order valence-electron chi connectivity index (χ4n) is 2.69. The van der Waals surface area contributed by atoms with Gasteiger partial charge in [-0.3, -0.25) is 0 Å². The standard InChI is InChI=1S/C21H20ClN3/c1-15-3-4-16(2)25(15)20-12-5-17(6-13-20)7-14-21(23)24-19-10-8-18(22)9-11-19/h3-14H,1-2H3,(H2,23,24). The van der Waals surface area contributed by atoms with Crippen LogP contribution in [-0.4, -0.2) is 10.4 Å². The molecule has 0 aliphatic carbocycles. The van der Waals surface area contributed by atoms with E-state index in [1.165, 1.54) is 11.4 Å². The van der Waals surface area contributed by atoms with Gasteiger partial charge in [0.2, 0.25) is 0 Å². The van der Waals surface area contributed by atoms with E-state index in [-0.39, 0.29) is 0 Å². The summed E-state index contributed by atoms with van der Waals surface area (Å²) in [7, 11) is 0. The topological polar surface area (TPSA) is 43.3 Å². The van der Waals surface area contributed by atoms with Gasteiger partial charge in [0.1, 0.15) is 5.84 Å². The summed E-state index contributed by atoms with van der Waals surface area (Å²) in [5.41, 5.74) is 11.4. The maximum absolute atomic E-state index is 5.96. The molecule has 0 spiro atoms.